The van der Waals surface area contributed by atoms with Gasteiger partial charge in [-0.1, -0.05) is 0 Å². The number of halogens is 2. The molecule has 0 fully saturated rings. The van der Waals surface area contributed by atoms with E-state index in [1.54, 1.807) is 0 Å². The van der Waals surface area contributed by atoms with E-state index in [0.29, 0.717) is 0 Å². The molecule has 4 rings (SSSR count). The number of rotatable bonds is 0. The molecule has 0 N–H and O–H groups in total. The van der Waals surface area contributed by atoms with Crippen molar-refractivity contribution in [3.63, 3.8) is 0 Å². The average Bonchev–Trinajstić information content (AvgIpc) is 2.95. The Hall–Kier alpha value is -2.64. The molecule has 2 aromatic carbocycles. The first kappa shape index (κ1) is 9.40. The standard InChI is InChI=1S/C10H2F2N4O2/c11-3-1-5-9(15-17-13-5)8-4(12)2-6-10(7(3)8)16-18-14-6/h1-2H. The van der Waals surface area contributed by atoms with Crippen molar-refractivity contribution in [2.75, 3.05) is 0 Å². The minimum absolute atomic E-state index is 0.0468. The molecule has 8 heteroatoms. The Kier molecular flexibility index (Phi) is 1.55. The van der Waals surface area contributed by atoms with Gasteiger partial charge in [0.15, 0.2) is 0 Å². The van der Waals surface area contributed by atoms with Crippen LogP contribution in [0.2, 0.25) is 0 Å². The van der Waals surface area contributed by atoms with Crippen LogP contribution in [0, 0.1) is 11.6 Å². The molecule has 0 aliphatic carbocycles. The van der Waals surface area contributed by atoms with E-state index < -0.39 is 11.6 Å². The molecule has 0 radical (unpaired) electrons. The van der Waals surface area contributed by atoms with Crippen LogP contribution in [0.25, 0.3) is 32.8 Å². The first-order chi connectivity index (χ1) is 8.75. The maximum absolute atomic E-state index is 14.0. The van der Waals surface area contributed by atoms with Crippen molar-refractivity contribution in [1.29, 1.82) is 0 Å². The molecule has 88 valence electrons. The summed E-state index contributed by atoms with van der Waals surface area (Å²) in [6.45, 7) is 0. The minimum atomic E-state index is -0.687. The Labute approximate surface area is 96.1 Å². The second kappa shape index (κ2) is 2.97. The van der Waals surface area contributed by atoms with Crippen LogP contribution in [0.3, 0.4) is 0 Å². The highest BCUT2D eigenvalue weighted by atomic mass is 19.1. The zero-order chi connectivity index (χ0) is 12.3. The SMILES string of the molecule is Fc1cc2nonc2c2c(F)cc3nonc3c12. The third kappa shape index (κ3) is 0.992. The largest absolute Gasteiger partial charge is 0.243 e. The first-order valence-corrected chi connectivity index (χ1v) is 4.91. The second-order valence-electron chi connectivity index (χ2n) is 3.73. The molecule has 0 amide bonds. The number of hydrogen-bond acceptors (Lipinski definition) is 6. The first-order valence-electron chi connectivity index (χ1n) is 4.91. The third-order valence-electron chi connectivity index (χ3n) is 2.76. The van der Waals surface area contributed by atoms with Gasteiger partial charge in [-0.15, -0.1) is 0 Å². The summed E-state index contributed by atoms with van der Waals surface area (Å²) in [4.78, 5) is 0. The number of fused-ring (bicyclic) bond motifs is 5. The average molecular weight is 248 g/mol. The molecule has 0 saturated heterocycles. The lowest BCUT2D eigenvalue weighted by molar-refractivity contribution is 0.315. The molecule has 2 heterocycles. The summed E-state index contributed by atoms with van der Waals surface area (Å²) in [5, 5.41) is 14.0. The van der Waals surface area contributed by atoms with Crippen LogP contribution in [0.5, 0.6) is 0 Å². The molecule has 0 unspecified atom stereocenters. The van der Waals surface area contributed by atoms with Gasteiger partial charge in [0.25, 0.3) is 0 Å². The Morgan fingerprint density at radius 2 is 1.17 bits per heavy atom. The van der Waals surface area contributed by atoms with Crippen LogP contribution < -0.4 is 0 Å². The van der Waals surface area contributed by atoms with Crippen LogP contribution >= 0.6 is 0 Å². The van der Waals surface area contributed by atoms with Gasteiger partial charge in [0, 0.05) is 12.1 Å². The maximum Gasteiger partial charge on any atom is 0.146 e. The predicted molar refractivity (Wildman–Crippen MR) is 54.6 cm³/mol. The lowest BCUT2D eigenvalue weighted by atomic mass is 10.1. The van der Waals surface area contributed by atoms with Gasteiger partial charge in [-0.3, -0.25) is 0 Å². The van der Waals surface area contributed by atoms with Gasteiger partial charge in [0.1, 0.15) is 33.7 Å². The summed E-state index contributed by atoms with van der Waals surface area (Å²) in [6.07, 6.45) is 0. The number of aromatic nitrogens is 4. The van der Waals surface area contributed by atoms with Gasteiger partial charge in [-0.05, 0) is 20.6 Å². The summed E-state index contributed by atoms with van der Waals surface area (Å²) in [5.41, 5.74) is 0.534. The van der Waals surface area contributed by atoms with Crippen molar-refractivity contribution in [1.82, 2.24) is 20.6 Å². The Balaban J connectivity index is 2.45. The quantitative estimate of drug-likeness (QED) is 0.474. The summed E-state index contributed by atoms with van der Waals surface area (Å²) in [7, 11) is 0. The molecule has 0 aliphatic heterocycles. The van der Waals surface area contributed by atoms with Crippen molar-refractivity contribution in [2.45, 2.75) is 0 Å². The van der Waals surface area contributed by atoms with E-state index >= 15 is 0 Å². The molecule has 4 aromatic rings. The summed E-state index contributed by atoms with van der Waals surface area (Å²) < 4.78 is 37.0. The fourth-order valence-electron chi connectivity index (χ4n) is 2.01. The molecule has 2 aromatic heterocycles. The third-order valence-corrected chi connectivity index (χ3v) is 2.76. The smallest absolute Gasteiger partial charge is 0.146 e. The van der Waals surface area contributed by atoms with Gasteiger partial charge in [0.05, 0.1) is 10.8 Å². The summed E-state index contributed by atoms with van der Waals surface area (Å²) in [6, 6.07) is 2.20. The van der Waals surface area contributed by atoms with Gasteiger partial charge >= 0.3 is 0 Å². The zero-order valence-corrected chi connectivity index (χ0v) is 8.52. The highest BCUT2D eigenvalue weighted by molar-refractivity contribution is 6.13. The number of benzene rings is 2. The molecule has 18 heavy (non-hydrogen) atoms. The summed E-state index contributed by atoms with van der Waals surface area (Å²) >= 11 is 0. The fraction of sp³-hybridized carbons (Fsp3) is 0. The topological polar surface area (TPSA) is 77.8 Å². The lowest BCUT2D eigenvalue weighted by Gasteiger charge is -2.00. The van der Waals surface area contributed by atoms with Crippen molar-refractivity contribution < 1.29 is 18.0 Å². The molecule has 0 spiro atoms. The molecule has 0 saturated carbocycles. The van der Waals surface area contributed by atoms with E-state index in [2.05, 4.69) is 29.9 Å². The molecule has 0 bridgehead atoms. The van der Waals surface area contributed by atoms with E-state index in [4.69, 9.17) is 0 Å². The second-order valence-corrected chi connectivity index (χ2v) is 3.73. The number of nitrogens with zero attached hydrogens (tertiary/aromatic N) is 4. The molecular weight excluding hydrogens is 246 g/mol. The molecule has 0 atom stereocenters. The van der Waals surface area contributed by atoms with Crippen LogP contribution in [-0.4, -0.2) is 20.6 Å². The molecule has 0 aliphatic rings. The van der Waals surface area contributed by atoms with E-state index in [1.165, 1.54) is 0 Å². The van der Waals surface area contributed by atoms with Gasteiger partial charge < -0.3 is 0 Å². The minimum Gasteiger partial charge on any atom is -0.243 e. The van der Waals surface area contributed by atoms with Crippen molar-refractivity contribution >= 4 is 32.8 Å². The van der Waals surface area contributed by atoms with Crippen molar-refractivity contribution in [3.8, 4) is 0 Å². The fourth-order valence-corrected chi connectivity index (χ4v) is 2.01. The summed E-state index contributed by atoms with van der Waals surface area (Å²) in [5.74, 6) is -1.37. The Morgan fingerprint density at radius 3 is 1.61 bits per heavy atom. The monoisotopic (exact) mass is 248 g/mol. The Bertz CT molecular complexity index is 839. The van der Waals surface area contributed by atoms with E-state index in [0.717, 1.165) is 12.1 Å². The lowest BCUT2D eigenvalue weighted by Crippen LogP contribution is -1.89. The molecule has 6 nitrogen and oxygen atoms in total. The Morgan fingerprint density at radius 1 is 0.722 bits per heavy atom. The highest BCUT2D eigenvalue weighted by Gasteiger charge is 2.20. The zero-order valence-electron chi connectivity index (χ0n) is 8.52. The van der Waals surface area contributed by atoms with E-state index in [1.807, 2.05) is 0 Å². The van der Waals surface area contributed by atoms with Crippen molar-refractivity contribution in [3.05, 3.63) is 23.8 Å². The van der Waals surface area contributed by atoms with Gasteiger partial charge in [-0.2, -0.15) is 0 Å². The normalized spacial score (nSPS) is 11.9. The van der Waals surface area contributed by atoms with Gasteiger partial charge in [-0.25, -0.2) is 18.0 Å². The number of hydrogen-bond donors (Lipinski definition) is 0. The van der Waals surface area contributed by atoms with Crippen LogP contribution in [0.4, 0.5) is 8.78 Å². The van der Waals surface area contributed by atoms with Crippen LogP contribution in [0.1, 0.15) is 0 Å². The van der Waals surface area contributed by atoms with Crippen molar-refractivity contribution in [2.24, 2.45) is 0 Å². The predicted octanol–water partition coefficient (Wildman–Crippen LogP) is 2.19. The maximum atomic E-state index is 14.0. The van der Waals surface area contributed by atoms with Crippen LogP contribution in [-0.2, 0) is 0 Å². The van der Waals surface area contributed by atoms with Crippen LogP contribution in [0.15, 0.2) is 21.4 Å². The van der Waals surface area contributed by atoms with E-state index in [-0.39, 0.29) is 32.8 Å². The van der Waals surface area contributed by atoms with E-state index in [9.17, 15) is 8.78 Å². The highest BCUT2D eigenvalue weighted by Crippen LogP contribution is 2.32. The van der Waals surface area contributed by atoms with Gasteiger partial charge in [0.2, 0.25) is 0 Å². The molecular formula is C10H2F2N4O2.